The Morgan fingerprint density at radius 1 is 1.48 bits per heavy atom. The van der Waals surface area contributed by atoms with Gasteiger partial charge in [0, 0.05) is 24.2 Å². The predicted molar refractivity (Wildman–Crippen MR) is 80.1 cm³/mol. The van der Waals surface area contributed by atoms with Crippen LogP contribution < -0.4 is 5.32 Å². The first-order valence-corrected chi connectivity index (χ1v) is 7.64. The monoisotopic (exact) mass is 304 g/mol. The molecular weight excluding hydrogens is 288 g/mol. The first-order valence-electron chi connectivity index (χ1n) is 6.76. The van der Waals surface area contributed by atoms with Crippen molar-refractivity contribution in [3.05, 3.63) is 40.7 Å². The molecule has 1 atom stereocenters. The van der Waals surface area contributed by atoms with Crippen LogP contribution in [-0.2, 0) is 9.53 Å². The molecule has 21 heavy (non-hydrogen) atoms. The van der Waals surface area contributed by atoms with Gasteiger partial charge in [0.05, 0.1) is 13.2 Å². The third-order valence-corrected chi connectivity index (χ3v) is 4.18. The molecule has 7 heteroatoms. The van der Waals surface area contributed by atoms with E-state index in [4.69, 9.17) is 4.74 Å². The molecule has 0 radical (unpaired) electrons. The molecule has 3 heterocycles. The van der Waals surface area contributed by atoms with Crippen LogP contribution in [0.25, 0.3) is 0 Å². The highest BCUT2D eigenvalue weighted by molar-refractivity contribution is 7.10. The number of thiophene rings is 1. The highest BCUT2D eigenvalue weighted by Gasteiger charge is 2.24. The van der Waals surface area contributed by atoms with E-state index in [9.17, 15) is 4.79 Å². The number of hydrogen-bond donors (Lipinski definition) is 1. The van der Waals surface area contributed by atoms with Crippen molar-refractivity contribution in [2.75, 3.05) is 31.6 Å². The van der Waals surface area contributed by atoms with Crippen molar-refractivity contribution < 1.29 is 9.53 Å². The van der Waals surface area contributed by atoms with E-state index in [1.54, 1.807) is 29.7 Å². The molecule has 1 saturated heterocycles. The number of carbonyl (C=O) groups excluding carboxylic acids is 1. The van der Waals surface area contributed by atoms with E-state index < -0.39 is 0 Å². The third-order valence-electron chi connectivity index (χ3n) is 3.22. The first-order chi connectivity index (χ1) is 10.3. The maximum absolute atomic E-state index is 12.0. The van der Waals surface area contributed by atoms with Gasteiger partial charge in [0.2, 0.25) is 5.91 Å². The van der Waals surface area contributed by atoms with Gasteiger partial charge in [0.25, 0.3) is 0 Å². The van der Waals surface area contributed by atoms with Crippen LogP contribution >= 0.6 is 11.3 Å². The Kier molecular flexibility index (Phi) is 4.54. The number of hydrogen-bond acceptors (Lipinski definition) is 6. The van der Waals surface area contributed by atoms with Gasteiger partial charge in [0.15, 0.2) is 5.82 Å². The number of anilines is 1. The maximum atomic E-state index is 12.0. The minimum atomic E-state index is -0.0812. The fourth-order valence-electron chi connectivity index (χ4n) is 2.25. The summed E-state index contributed by atoms with van der Waals surface area (Å²) in [6, 6.07) is 7.55. The van der Waals surface area contributed by atoms with Crippen molar-refractivity contribution >= 4 is 23.1 Å². The molecule has 1 N–H and O–H groups in total. The smallest absolute Gasteiger partial charge is 0.239 e. The average Bonchev–Trinajstić information content (AvgIpc) is 3.02. The van der Waals surface area contributed by atoms with Crippen LogP contribution in [0.15, 0.2) is 35.8 Å². The molecule has 0 aliphatic carbocycles. The van der Waals surface area contributed by atoms with E-state index in [1.165, 1.54) is 4.88 Å². The molecule has 2 aromatic rings. The third kappa shape index (κ3) is 3.84. The predicted octanol–water partition coefficient (Wildman–Crippen LogP) is 1.55. The summed E-state index contributed by atoms with van der Waals surface area (Å²) in [5, 5.41) is 12.4. The van der Waals surface area contributed by atoms with Gasteiger partial charge in [-0.15, -0.1) is 16.4 Å². The van der Waals surface area contributed by atoms with Crippen molar-refractivity contribution in [1.82, 2.24) is 15.1 Å². The number of nitrogens with one attached hydrogen (secondary N) is 1. The second kappa shape index (κ2) is 6.75. The van der Waals surface area contributed by atoms with E-state index >= 15 is 0 Å². The van der Waals surface area contributed by atoms with E-state index in [0.29, 0.717) is 19.0 Å². The number of morpholine rings is 1. The lowest BCUT2D eigenvalue weighted by Crippen LogP contribution is -2.42. The largest absolute Gasteiger partial charge is 0.370 e. The molecule has 0 bridgehead atoms. The van der Waals surface area contributed by atoms with Crippen LogP contribution in [0.5, 0.6) is 0 Å². The topological polar surface area (TPSA) is 67.3 Å². The zero-order valence-corrected chi connectivity index (χ0v) is 12.3. The van der Waals surface area contributed by atoms with Gasteiger partial charge in [-0.1, -0.05) is 6.07 Å². The second-order valence-corrected chi connectivity index (χ2v) is 5.75. The molecule has 0 saturated carbocycles. The van der Waals surface area contributed by atoms with Gasteiger partial charge in [-0.3, -0.25) is 9.69 Å². The van der Waals surface area contributed by atoms with Gasteiger partial charge in [0.1, 0.15) is 6.10 Å². The molecule has 6 nitrogen and oxygen atoms in total. The minimum absolute atomic E-state index is 0.0584. The van der Waals surface area contributed by atoms with Crippen LogP contribution in [0.4, 0.5) is 5.82 Å². The van der Waals surface area contributed by atoms with Crippen molar-refractivity contribution in [1.29, 1.82) is 0 Å². The first kappa shape index (κ1) is 14.1. The van der Waals surface area contributed by atoms with Crippen molar-refractivity contribution in [2.24, 2.45) is 0 Å². The SMILES string of the molecule is O=C(CN1CCOC(c2cccs2)C1)Nc1cccnn1. The highest BCUT2D eigenvalue weighted by atomic mass is 32.1. The standard InChI is InChI=1S/C14H16N4O2S/c19-14(16-13-4-1-5-15-17-13)10-18-6-7-20-11(9-18)12-3-2-8-21-12/h1-5,8,11H,6-7,9-10H2,(H,16,17,19). The quantitative estimate of drug-likeness (QED) is 0.928. The van der Waals surface area contributed by atoms with Crippen molar-refractivity contribution in [2.45, 2.75) is 6.10 Å². The summed E-state index contributed by atoms with van der Waals surface area (Å²) in [5.74, 6) is 0.396. The van der Waals surface area contributed by atoms with Crippen molar-refractivity contribution in [3.63, 3.8) is 0 Å². The number of carbonyl (C=O) groups is 1. The van der Waals surface area contributed by atoms with E-state index in [2.05, 4.69) is 26.5 Å². The second-order valence-electron chi connectivity index (χ2n) is 4.77. The molecule has 110 valence electrons. The maximum Gasteiger partial charge on any atom is 0.239 e. The van der Waals surface area contributed by atoms with E-state index in [0.717, 1.165) is 13.1 Å². The molecule has 0 aromatic carbocycles. The molecule has 0 spiro atoms. The summed E-state index contributed by atoms with van der Waals surface area (Å²) in [5.41, 5.74) is 0. The number of ether oxygens (including phenoxy) is 1. The Bertz CT molecular complexity index is 576. The molecule has 2 aromatic heterocycles. The summed E-state index contributed by atoms with van der Waals surface area (Å²) in [7, 11) is 0. The Morgan fingerprint density at radius 2 is 2.43 bits per heavy atom. The molecule has 3 rings (SSSR count). The lowest BCUT2D eigenvalue weighted by atomic mass is 10.2. The van der Waals surface area contributed by atoms with Crippen LogP contribution in [0.1, 0.15) is 11.0 Å². The zero-order chi connectivity index (χ0) is 14.5. The van der Waals surface area contributed by atoms with E-state index in [-0.39, 0.29) is 12.0 Å². The summed E-state index contributed by atoms with van der Waals surface area (Å²) < 4.78 is 5.77. The van der Waals surface area contributed by atoms with Crippen LogP contribution in [0.3, 0.4) is 0 Å². The lowest BCUT2D eigenvalue weighted by Gasteiger charge is -2.31. The van der Waals surface area contributed by atoms with Crippen molar-refractivity contribution in [3.8, 4) is 0 Å². The molecule has 1 aliphatic rings. The molecule has 1 unspecified atom stereocenters. The Labute approximate surface area is 126 Å². The van der Waals surface area contributed by atoms with Gasteiger partial charge in [-0.05, 0) is 23.6 Å². The average molecular weight is 304 g/mol. The molecule has 1 aliphatic heterocycles. The summed E-state index contributed by atoms with van der Waals surface area (Å²) >= 11 is 1.68. The minimum Gasteiger partial charge on any atom is -0.370 e. The van der Waals surface area contributed by atoms with Gasteiger partial charge < -0.3 is 10.1 Å². The lowest BCUT2D eigenvalue weighted by molar-refractivity contribution is -0.119. The van der Waals surface area contributed by atoms with Crippen LogP contribution in [-0.4, -0.2) is 47.2 Å². The van der Waals surface area contributed by atoms with Gasteiger partial charge in [-0.2, -0.15) is 5.10 Å². The Morgan fingerprint density at radius 3 is 3.19 bits per heavy atom. The Hall–Kier alpha value is -1.83. The molecule has 1 fully saturated rings. The number of rotatable bonds is 4. The fraction of sp³-hybridized carbons (Fsp3) is 0.357. The highest BCUT2D eigenvalue weighted by Crippen LogP contribution is 2.25. The zero-order valence-electron chi connectivity index (χ0n) is 11.4. The van der Waals surface area contributed by atoms with Crippen LogP contribution in [0.2, 0.25) is 0 Å². The van der Waals surface area contributed by atoms with Gasteiger partial charge >= 0.3 is 0 Å². The van der Waals surface area contributed by atoms with Crippen LogP contribution in [0, 0.1) is 0 Å². The number of amides is 1. The molecular formula is C14H16N4O2S. The normalized spacial score (nSPS) is 19.3. The van der Waals surface area contributed by atoms with E-state index in [1.807, 2.05) is 11.4 Å². The summed E-state index contributed by atoms with van der Waals surface area (Å²) in [6.45, 7) is 2.47. The van der Waals surface area contributed by atoms with Gasteiger partial charge in [-0.25, -0.2) is 0 Å². The number of aromatic nitrogens is 2. The summed E-state index contributed by atoms with van der Waals surface area (Å²) in [6.07, 6.45) is 1.63. The Balaban J connectivity index is 1.54. The number of nitrogens with zero attached hydrogens (tertiary/aromatic N) is 3. The fourth-order valence-corrected chi connectivity index (χ4v) is 3.01. The molecule has 1 amide bonds. The summed E-state index contributed by atoms with van der Waals surface area (Å²) in [4.78, 5) is 15.3.